The van der Waals surface area contributed by atoms with Crippen molar-refractivity contribution in [3.8, 4) is 22.6 Å². The average molecular weight is 474 g/mol. The molecule has 0 fully saturated rings. The van der Waals surface area contributed by atoms with Crippen LogP contribution >= 0.6 is 0 Å². The Bertz CT molecular complexity index is 1390. The van der Waals surface area contributed by atoms with Gasteiger partial charge in [0.05, 0.1) is 5.71 Å². The van der Waals surface area contributed by atoms with E-state index >= 15 is 0 Å². The highest BCUT2D eigenvalue weighted by atomic mass is 16.5. The summed E-state index contributed by atoms with van der Waals surface area (Å²) in [6.07, 6.45) is 0. The molecule has 0 spiro atoms. The Morgan fingerprint density at radius 2 is 1.03 bits per heavy atom. The summed E-state index contributed by atoms with van der Waals surface area (Å²) in [6.45, 7) is 13.5. The monoisotopic (exact) mass is 473 g/mol. The third-order valence-electron chi connectivity index (χ3n) is 6.87. The van der Waals surface area contributed by atoms with Crippen molar-refractivity contribution in [2.24, 2.45) is 15.8 Å². The zero-order valence-corrected chi connectivity index (χ0v) is 22.2. The van der Waals surface area contributed by atoms with Crippen molar-refractivity contribution >= 4 is 11.4 Å². The van der Waals surface area contributed by atoms with Crippen LogP contribution in [0, 0.1) is 10.8 Å². The first-order valence-electron chi connectivity index (χ1n) is 12.8. The molecule has 0 saturated heterocycles. The minimum atomic E-state index is -0.0308. The van der Waals surface area contributed by atoms with Crippen molar-refractivity contribution in [3.63, 3.8) is 0 Å². The summed E-state index contributed by atoms with van der Waals surface area (Å²) < 4.78 is 6.01. The Morgan fingerprint density at radius 1 is 0.556 bits per heavy atom. The Kier molecular flexibility index (Phi) is 6.08. The van der Waals surface area contributed by atoms with Crippen molar-refractivity contribution < 1.29 is 4.74 Å². The van der Waals surface area contributed by atoms with Gasteiger partial charge in [-0.15, -0.1) is 0 Å². The van der Waals surface area contributed by atoms with Gasteiger partial charge in [-0.1, -0.05) is 114 Å². The number of ether oxygens (including phenoxy) is 1. The van der Waals surface area contributed by atoms with Crippen molar-refractivity contribution in [3.05, 3.63) is 114 Å². The van der Waals surface area contributed by atoms with E-state index in [2.05, 4.69) is 96.1 Å². The van der Waals surface area contributed by atoms with Gasteiger partial charge >= 0.3 is 0 Å². The SMILES string of the molecule is CC(C)(C)C1=Nc2ccccc2Oc2ccccc21.CC(C)(C)C1c2ccccc2-c2ccccc21. The van der Waals surface area contributed by atoms with Gasteiger partial charge in [-0.3, -0.25) is 0 Å². The van der Waals surface area contributed by atoms with E-state index in [0.29, 0.717) is 5.92 Å². The first-order chi connectivity index (χ1) is 17.1. The van der Waals surface area contributed by atoms with E-state index in [0.717, 1.165) is 28.5 Å². The maximum atomic E-state index is 6.01. The Morgan fingerprint density at radius 3 is 1.58 bits per heavy atom. The zero-order chi connectivity index (χ0) is 25.5. The molecule has 1 aliphatic heterocycles. The van der Waals surface area contributed by atoms with Crippen LogP contribution in [-0.2, 0) is 0 Å². The number of hydrogen-bond acceptors (Lipinski definition) is 2. The third kappa shape index (κ3) is 4.48. The van der Waals surface area contributed by atoms with Crippen LogP contribution in [0.2, 0.25) is 0 Å². The van der Waals surface area contributed by atoms with Crippen molar-refractivity contribution in [1.82, 2.24) is 0 Å². The van der Waals surface area contributed by atoms with Crippen molar-refractivity contribution in [1.29, 1.82) is 0 Å². The highest BCUT2D eigenvalue weighted by Crippen LogP contribution is 2.52. The number of nitrogens with zero attached hydrogens (tertiary/aromatic N) is 1. The summed E-state index contributed by atoms with van der Waals surface area (Å²) in [6, 6.07) is 33.7. The Balaban J connectivity index is 0.000000149. The summed E-state index contributed by atoms with van der Waals surface area (Å²) in [5.74, 6) is 2.21. The van der Waals surface area contributed by atoms with Gasteiger partial charge in [0.1, 0.15) is 11.4 Å². The van der Waals surface area contributed by atoms with Gasteiger partial charge in [0.2, 0.25) is 0 Å². The van der Waals surface area contributed by atoms with Crippen molar-refractivity contribution in [2.45, 2.75) is 47.5 Å². The van der Waals surface area contributed by atoms with Crippen LogP contribution < -0.4 is 4.74 Å². The first kappa shape index (κ1) is 24.1. The molecule has 0 radical (unpaired) electrons. The van der Waals surface area contributed by atoms with Gasteiger partial charge in [0.25, 0.3) is 0 Å². The topological polar surface area (TPSA) is 21.6 Å². The lowest BCUT2D eigenvalue weighted by Gasteiger charge is -2.29. The fraction of sp³-hybridized carbons (Fsp3) is 0.265. The molecule has 0 bridgehead atoms. The largest absolute Gasteiger partial charge is 0.454 e. The van der Waals surface area contributed by atoms with E-state index in [1.807, 2.05) is 42.5 Å². The van der Waals surface area contributed by atoms with Gasteiger partial charge in [-0.05, 0) is 51.9 Å². The van der Waals surface area contributed by atoms with Crippen molar-refractivity contribution in [2.75, 3.05) is 0 Å². The number of aliphatic imine (C=N–C) groups is 1. The predicted molar refractivity (Wildman–Crippen MR) is 152 cm³/mol. The van der Waals surface area contributed by atoms with E-state index in [-0.39, 0.29) is 10.8 Å². The second-order valence-electron chi connectivity index (χ2n) is 11.7. The molecule has 36 heavy (non-hydrogen) atoms. The van der Waals surface area contributed by atoms with Crippen LogP contribution in [-0.4, -0.2) is 5.71 Å². The van der Waals surface area contributed by atoms with Crippen LogP contribution in [0.1, 0.15) is 64.2 Å². The molecule has 0 atom stereocenters. The molecule has 0 saturated carbocycles. The maximum absolute atomic E-state index is 6.01. The summed E-state index contributed by atoms with van der Waals surface area (Å²) in [5.41, 5.74) is 9.08. The number of benzene rings is 4. The normalized spacial score (nSPS) is 14.1. The molecule has 1 heterocycles. The summed E-state index contributed by atoms with van der Waals surface area (Å²) in [5, 5.41) is 0. The summed E-state index contributed by atoms with van der Waals surface area (Å²) >= 11 is 0. The molecular formula is C34H35NO. The number of hydrogen-bond donors (Lipinski definition) is 0. The maximum Gasteiger partial charge on any atom is 0.153 e. The molecule has 1 aliphatic carbocycles. The molecule has 4 aromatic rings. The molecule has 0 N–H and O–H groups in total. The first-order valence-corrected chi connectivity index (χ1v) is 12.8. The summed E-state index contributed by atoms with van der Waals surface area (Å²) in [7, 11) is 0. The highest BCUT2D eigenvalue weighted by molar-refractivity contribution is 6.08. The van der Waals surface area contributed by atoms with Crippen LogP contribution in [0.4, 0.5) is 5.69 Å². The van der Waals surface area contributed by atoms with Gasteiger partial charge < -0.3 is 4.74 Å². The lowest BCUT2D eigenvalue weighted by Crippen LogP contribution is -2.21. The molecule has 2 heteroatoms. The quantitative estimate of drug-likeness (QED) is 0.249. The predicted octanol–water partition coefficient (Wildman–Crippen LogP) is 9.80. The standard InChI is InChI=1S/C17H17NO.C17H18/c1-17(2,3)16-12-8-4-6-10-14(12)19-15-11-7-5-9-13(15)18-16;1-17(2,3)16-14-10-6-4-8-12(14)13-9-5-7-11-15(13)16/h4-11H,1-3H3;4-11,16H,1-3H3. The van der Waals surface area contributed by atoms with Crippen LogP contribution in [0.5, 0.6) is 11.5 Å². The van der Waals surface area contributed by atoms with E-state index in [4.69, 9.17) is 9.73 Å². The molecular weight excluding hydrogens is 438 g/mol. The van der Waals surface area contributed by atoms with Gasteiger partial charge in [0.15, 0.2) is 5.75 Å². The van der Waals surface area contributed by atoms with Gasteiger partial charge in [-0.25, -0.2) is 4.99 Å². The fourth-order valence-corrected chi connectivity index (χ4v) is 5.35. The average Bonchev–Trinajstić information content (AvgIpc) is 3.08. The Labute approximate surface area is 215 Å². The lowest BCUT2D eigenvalue weighted by molar-refractivity contribution is 0.363. The molecule has 0 amide bonds. The van der Waals surface area contributed by atoms with Crippen LogP contribution in [0.15, 0.2) is 102 Å². The second kappa shape index (κ2) is 9.09. The molecule has 0 aromatic heterocycles. The smallest absolute Gasteiger partial charge is 0.153 e. The van der Waals surface area contributed by atoms with E-state index in [9.17, 15) is 0 Å². The van der Waals surface area contributed by atoms with E-state index < -0.39 is 0 Å². The second-order valence-corrected chi connectivity index (χ2v) is 11.7. The lowest BCUT2D eigenvalue weighted by atomic mass is 9.75. The van der Waals surface area contributed by atoms with Gasteiger partial charge in [0, 0.05) is 16.9 Å². The molecule has 6 rings (SSSR count). The summed E-state index contributed by atoms with van der Waals surface area (Å²) in [4.78, 5) is 4.84. The van der Waals surface area contributed by atoms with E-state index in [1.165, 1.54) is 22.3 Å². The number of rotatable bonds is 0. The fourth-order valence-electron chi connectivity index (χ4n) is 5.35. The molecule has 0 unspecified atom stereocenters. The molecule has 4 aromatic carbocycles. The highest BCUT2D eigenvalue weighted by Gasteiger charge is 2.36. The minimum absolute atomic E-state index is 0.0308. The van der Waals surface area contributed by atoms with Crippen LogP contribution in [0.25, 0.3) is 11.1 Å². The van der Waals surface area contributed by atoms with E-state index in [1.54, 1.807) is 0 Å². The molecule has 2 nitrogen and oxygen atoms in total. The van der Waals surface area contributed by atoms with Gasteiger partial charge in [-0.2, -0.15) is 0 Å². The Hall–Kier alpha value is -3.65. The minimum Gasteiger partial charge on any atom is -0.454 e. The number of para-hydroxylation sites is 3. The third-order valence-corrected chi connectivity index (χ3v) is 6.87. The molecule has 2 aliphatic rings. The number of fused-ring (bicyclic) bond motifs is 5. The van der Waals surface area contributed by atoms with Crippen LogP contribution in [0.3, 0.4) is 0 Å². The molecule has 182 valence electrons. The zero-order valence-electron chi connectivity index (χ0n) is 22.2.